The van der Waals surface area contributed by atoms with Gasteiger partial charge < -0.3 is 9.47 Å². The van der Waals surface area contributed by atoms with Crippen molar-refractivity contribution in [3.05, 3.63) is 40.9 Å². The molecule has 22 heavy (non-hydrogen) atoms. The van der Waals surface area contributed by atoms with E-state index in [1.807, 2.05) is 25.1 Å². The van der Waals surface area contributed by atoms with Gasteiger partial charge in [0.1, 0.15) is 0 Å². The maximum absolute atomic E-state index is 11.9. The summed E-state index contributed by atoms with van der Waals surface area (Å²) < 4.78 is 11.2. The Balaban J connectivity index is 1.67. The average Bonchev–Trinajstić information content (AvgIpc) is 2.78. The first kappa shape index (κ1) is 14.6. The first-order valence-corrected chi connectivity index (χ1v) is 7.83. The van der Waals surface area contributed by atoms with Gasteiger partial charge in [0.05, 0.1) is 13.2 Å². The van der Waals surface area contributed by atoms with Gasteiger partial charge in [0, 0.05) is 23.6 Å². The minimum atomic E-state index is -0.207. The molecule has 0 saturated heterocycles. The predicted molar refractivity (Wildman–Crippen MR) is 86.6 cm³/mol. The standard InChI is InChI=1S/C16H16N2O3S/c1-11-10-17-16(22-11)18-15(19)6-4-12-3-5-13-14(9-12)21-8-2-7-20-13/h3-6,9-10H,2,7-8H2,1H3,(H,17,18,19)/b6-4+. The molecule has 114 valence electrons. The van der Waals surface area contributed by atoms with Gasteiger partial charge in [-0.2, -0.15) is 0 Å². The van der Waals surface area contributed by atoms with Crippen molar-refractivity contribution in [2.75, 3.05) is 18.5 Å². The van der Waals surface area contributed by atoms with E-state index in [4.69, 9.17) is 9.47 Å². The molecule has 5 nitrogen and oxygen atoms in total. The first-order chi connectivity index (χ1) is 10.7. The van der Waals surface area contributed by atoms with E-state index in [2.05, 4.69) is 10.3 Å². The highest BCUT2D eigenvalue weighted by Crippen LogP contribution is 2.30. The van der Waals surface area contributed by atoms with Crippen LogP contribution in [0.3, 0.4) is 0 Å². The van der Waals surface area contributed by atoms with Crippen molar-refractivity contribution in [3.8, 4) is 11.5 Å². The van der Waals surface area contributed by atoms with E-state index in [9.17, 15) is 4.79 Å². The Bertz CT molecular complexity index is 709. The Labute approximate surface area is 132 Å². The number of amides is 1. The van der Waals surface area contributed by atoms with Crippen LogP contribution < -0.4 is 14.8 Å². The second-order valence-corrected chi connectivity index (χ2v) is 6.09. The normalized spacial score (nSPS) is 13.9. The van der Waals surface area contributed by atoms with Crippen LogP contribution in [0.4, 0.5) is 5.13 Å². The molecule has 1 amide bonds. The smallest absolute Gasteiger partial charge is 0.250 e. The molecule has 2 aromatic rings. The van der Waals surface area contributed by atoms with E-state index in [1.165, 1.54) is 17.4 Å². The number of fused-ring (bicyclic) bond motifs is 1. The van der Waals surface area contributed by atoms with Crippen molar-refractivity contribution in [2.24, 2.45) is 0 Å². The van der Waals surface area contributed by atoms with Gasteiger partial charge in [0.2, 0.25) is 5.91 Å². The van der Waals surface area contributed by atoms with E-state index in [0.29, 0.717) is 18.3 Å². The highest BCUT2D eigenvalue weighted by molar-refractivity contribution is 7.15. The van der Waals surface area contributed by atoms with Crippen LogP contribution in [-0.4, -0.2) is 24.1 Å². The number of ether oxygens (including phenoxy) is 2. The molecule has 0 unspecified atom stereocenters. The summed E-state index contributed by atoms with van der Waals surface area (Å²) in [6, 6.07) is 5.63. The number of benzene rings is 1. The van der Waals surface area contributed by atoms with E-state index in [1.54, 1.807) is 12.3 Å². The molecule has 0 aliphatic carbocycles. The van der Waals surface area contributed by atoms with E-state index in [0.717, 1.165) is 28.4 Å². The van der Waals surface area contributed by atoms with Crippen LogP contribution in [0.5, 0.6) is 11.5 Å². The van der Waals surface area contributed by atoms with Gasteiger partial charge in [-0.1, -0.05) is 6.07 Å². The molecule has 1 aromatic carbocycles. The summed E-state index contributed by atoms with van der Waals surface area (Å²) in [6.45, 7) is 3.25. The molecule has 1 N–H and O–H groups in total. The van der Waals surface area contributed by atoms with Crippen LogP contribution in [-0.2, 0) is 4.79 Å². The summed E-state index contributed by atoms with van der Waals surface area (Å²) in [6.07, 6.45) is 5.82. The van der Waals surface area contributed by atoms with Crippen LogP contribution in [0, 0.1) is 6.92 Å². The number of nitrogens with one attached hydrogen (secondary N) is 1. The number of carbonyl (C=O) groups is 1. The van der Waals surface area contributed by atoms with Crippen molar-refractivity contribution in [1.29, 1.82) is 0 Å². The van der Waals surface area contributed by atoms with Gasteiger partial charge in [-0.05, 0) is 30.7 Å². The minimum Gasteiger partial charge on any atom is -0.490 e. The summed E-state index contributed by atoms with van der Waals surface area (Å²) in [5.41, 5.74) is 0.884. The van der Waals surface area contributed by atoms with Gasteiger partial charge in [-0.3, -0.25) is 10.1 Å². The van der Waals surface area contributed by atoms with Crippen molar-refractivity contribution in [1.82, 2.24) is 4.98 Å². The lowest BCUT2D eigenvalue weighted by Crippen LogP contribution is -2.07. The molecule has 0 atom stereocenters. The lowest BCUT2D eigenvalue weighted by molar-refractivity contribution is -0.111. The van der Waals surface area contributed by atoms with Gasteiger partial charge in [-0.15, -0.1) is 11.3 Å². The third-order valence-corrected chi connectivity index (χ3v) is 3.88. The highest BCUT2D eigenvalue weighted by atomic mass is 32.1. The molecule has 1 aliphatic heterocycles. The van der Waals surface area contributed by atoms with Gasteiger partial charge >= 0.3 is 0 Å². The number of carbonyl (C=O) groups excluding carboxylic acids is 1. The molecule has 0 spiro atoms. The molecule has 0 fully saturated rings. The third-order valence-electron chi connectivity index (χ3n) is 3.05. The number of rotatable bonds is 3. The fraction of sp³-hybridized carbons (Fsp3) is 0.250. The number of hydrogen-bond donors (Lipinski definition) is 1. The maximum atomic E-state index is 11.9. The number of anilines is 1. The van der Waals surface area contributed by atoms with Crippen LogP contribution in [0.25, 0.3) is 6.08 Å². The van der Waals surface area contributed by atoms with E-state index < -0.39 is 0 Å². The van der Waals surface area contributed by atoms with E-state index in [-0.39, 0.29) is 5.91 Å². The number of aromatic nitrogens is 1. The Morgan fingerprint density at radius 2 is 2.14 bits per heavy atom. The zero-order valence-electron chi connectivity index (χ0n) is 12.2. The fourth-order valence-corrected chi connectivity index (χ4v) is 2.68. The number of aryl methyl sites for hydroxylation is 1. The summed E-state index contributed by atoms with van der Waals surface area (Å²) >= 11 is 1.45. The first-order valence-electron chi connectivity index (χ1n) is 7.02. The van der Waals surface area contributed by atoms with Crippen LogP contribution in [0.1, 0.15) is 16.9 Å². The van der Waals surface area contributed by atoms with Crippen molar-refractivity contribution >= 4 is 28.5 Å². The molecular weight excluding hydrogens is 300 g/mol. The Morgan fingerprint density at radius 3 is 2.91 bits per heavy atom. The largest absolute Gasteiger partial charge is 0.490 e. The van der Waals surface area contributed by atoms with Crippen LogP contribution >= 0.6 is 11.3 Å². The second kappa shape index (κ2) is 6.62. The lowest BCUT2D eigenvalue weighted by atomic mass is 10.2. The monoisotopic (exact) mass is 316 g/mol. The molecule has 6 heteroatoms. The summed E-state index contributed by atoms with van der Waals surface area (Å²) in [7, 11) is 0. The molecule has 1 aliphatic rings. The van der Waals surface area contributed by atoms with Gasteiger partial charge in [0.15, 0.2) is 16.6 Å². The molecular formula is C16H16N2O3S. The summed E-state index contributed by atoms with van der Waals surface area (Å²) in [4.78, 5) is 17.0. The Morgan fingerprint density at radius 1 is 1.32 bits per heavy atom. The third kappa shape index (κ3) is 3.65. The number of thiazole rings is 1. The summed E-state index contributed by atoms with van der Waals surface area (Å²) in [5, 5.41) is 3.33. The molecule has 0 saturated carbocycles. The van der Waals surface area contributed by atoms with Gasteiger partial charge in [0.25, 0.3) is 0 Å². The quantitative estimate of drug-likeness (QED) is 0.883. The predicted octanol–water partition coefficient (Wildman–Crippen LogP) is 3.26. The SMILES string of the molecule is Cc1cnc(NC(=O)/C=C/c2ccc3c(c2)OCCCO3)s1. The van der Waals surface area contributed by atoms with Crippen LogP contribution in [0.2, 0.25) is 0 Å². The van der Waals surface area contributed by atoms with E-state index >= 15 is 0 Å². The Hall–Kier alpha value is -2.34. The zero-order chi connectivity index (χ0) is 15.4. The van der Waals surface area contributed by atoms with Gasteiger partial charge in [-0.25, -0.2) is 4.98 Å². The minimum absolute atomic E-state index is 0.207. The van der Waals surface area contributed by atoms with Crippen molar-refractivity contribution in [3.63, 3.8) is 0 Å². The average molecular weight is 316 g/mol. The molecule has 0 bridgehead atoms. The molecule has 3 rings (SSSR count). The molecule has 0 radical (unpaired) electrons. The number of hydrogen-bond acceptors (Lipinski definition) is 5. The zero-order valence-corrected chi connectivity index (χ0v) is 13.0. The number of nitrogens with zero attached hydrogens (tertiary/aromatic N) is 1. The topological polar surface area (TPSA) is 60.5 Å². The lowest BCUT2D eigenvalue weighted by Gasteiger charge is -2.07. The Kier molecular flexibility index (Phi) is 4.39. The highest BCUT2D eigenvalue weighted by Gasteiger charge is 2.10. The molecule has 1 aromatic heterocycles. The van der Waals surface area contributed by atoms with Crippen molar-refractivity contribution < 1.29 is 14.3 Å². The maximum Gasteiger partial charge on any atom is 0.250 e. The summed E-state index contributed by atoms with van der Waals surface area (Å²) in [5.74, 6) is 1.26. The van der Waals surface area contributed by atoms with Crippen molar-refractivity contribution in [2.45, 2.75) is 13.3 Å². The fourth-order valence-electron chi connectivity index (χ4n) is 2.02. The second-order valence-electron chi connectivity index (χ2n) is 4.86. The van der Waals surface area contributed by atoms with Crippen LogP contribution in [0.15, 0.2) is 30.5 Å². The molecule has 2 heterocycles.